The summed E-state index contributed by atoms with van der Waals surface area (Å²) in [4.78, 5) is 0. The van der Waals surface area contributed by atoms with E-state index in [1.54, 1.807) is 48.5 Å². The number of benzene rings is 3. The van der Waals surface area contributed by atoms with Crippen LogP contribution in [0.2, 0.25) is 5.28 Å². The largest absolute Gasteiger partial charge is 0.436 e. The highest BCUT2D eigenvalue weighted by Gasteiger charge is 2.31. The molecule has 0 N–H and O–H groups in total. The van der Waals surface area contributed by atoms with Gasteiger partial charge >= 0.3 is 6.18 Å². The Bertz CT molecular complexity index is 1420. The second-order valence-electron chi connectivity index (χ2n) is 6.73. The van der Waals surface area contributed by atoms with Crippen molar-refractivity contribution in [2.75, 3.05) is 0 Å². The van der Waals surface area contributed by atoms with Crippen molar-refractivity contribution in [2.24, 2.45) is 0 Å². The lowest BCUT2D eigenvalue weighted by Gasteiger charge is -2.15. The van der Waals surface area contributed by atoms with E-state index < -0.39 is 11.7 Å². The molecule has 2 heterocycles. The summed E-state index contributed by atoms with van der Waals surface area (Å²) in [6.07, 6.45) is -4.52. The first-order chi connectivity index (χ1) is 14.9. The third kappa shape index (κ3) is 3.44. The quantitative estimate of drug-likeness (QED) is 0.325. The van der Waals surface area contributed by atoms with Crippen LogP contribution in [0.25, 0.3) is 27.5 Å². The summed E-state index contributed by atoms with van der Waals surface area (Å²) in [5.41, 5.74) is 0.795. The lowest BCUT2D eigenvalue weighted by atomic mass is 10.0. The molecule has 0 atom stereocenters. The Morgan fingerprint density at radius 1 is 0.839 bits per heavy atom. The number of hydrogen-bond donors (Lipinski definition) is 0. The molecule has 0 bridgehead atoms. The Morgan fingerprint density at radius 2 is 1.55 bits per heavy atom. The topological polar surface area (TPSA) is 52.3 Å². The van der Waals surface area contributed by atoms with Gasteiger partial charge in [0.05, 0.1) is 5.56 Å². The molecule has 0 unspecified atom stereocenters. The predicted molar refractivity (Wildman–Crippen MR) is 110 cm³/mol. The van der Waals surface area contributed by atoms with Crippen LogP contribution in [-0.2, 0) is 6.18 Å². The van der Waals surface area contributed by atoms with Crippen LogP contribution in [-0.4, -0.2) is 19.8 Å². The Hall–Kier alpha value is -3.65. The number of aromatic nitrogens is 4. The van der Waals surface area contributed by atoms with Crippen molar-refractivity contribution in [1.82, 2.24) is 19.8 Å². The first kappa shape index (κ1) is 19.3. The van der Waals surface area contributed by atoms with Gasteiger partial charge in [-0.1, -0.05) is 54.6 Å². The second-order valence-corrected chi connectivity index (χ2v) is 7.07. The molecule has 5 nitrogen and oxygen atoms in total. The van der Waals surface area contributed by atoms with Gasteiger partial charge in [0.2, 0.25) is 11.2 Å². The van der Waals surface area contributed by atoms with E-state index >= 15 is 0 Å². The molecule has 0 amide bonds. The maximum absolute atomic E-state index is 13.4. The number of fused-ring (bicyclic) bond motifs is 3. The van der Waals surface area contributed by atoms with Crippen LogP contribution >= 0.6 is 11.6 Å². The first-order valence-electron chi connectivity index (χ1n) is 9.16. The highest BCUT2D eigenvalue weighted by molar-refractivity contribution is 6.28. The fourth-order valence-electron chi connectivity index (χ4n) is 3.35. The lowest BCUT2D eigenvalue weighted by Crippen LogP contribution is -2.06. The zero-order valence-corrected chi connectivity index (χ0v) is 16.4. The smallest absolute Gasteiger partial charge is 0.416 e. The van der Waals surface area contributed by atoms with Crippen LogP contribution in [0.15, 0.2) is 72.8 Å². The number of hydrogen-bond acceptors (Lipinski definition) is 4. The molecule has 154 valence electrons. The van der Waals surface area contributed by atoms with E-state index in [0.717, 1.165) is 12.1 Å². The van der Waals surface area contributed by atoms with E-state index in [4.69, 9.17) is 16.3 Å². The molecule has 5 aromatic rings. The van der Waals surface area contributed by atoms with Gasteiger partial charge < -0.3 is 4.74 Å². The van der Waals surface area contributed by atoms with Gasteiger partial charge in [-0.05, 0) is 35.4 Å². The molecular weight excluding hydrogens is 429 g/mol. The summed E-state index contributed by atoms with van der Waals surface area (Å²) in [5, 5.41) is 13.4. The average Bonchev–Trinajstić information content (AvgIpc) is 3.14. The fraction of sp³-hybridized carbons (Fsp3) is 0.0455. The monoisotopic (exact) mass is 440 g/mol. The first-order valence-corrected chi connectivity index (χ1v) is 9.54. The van der Waals surface area contributed by atoms with E-state index in [0.29, 0.717) is 27.5 Å². The van der Waals surface area contributed by atoms with E-state index in [1.165, 1.54) is 10.6 Å². The normalized spacial score (nSPS) is 11.9. The van der Waals surface area contributed by atoms with Gasteiger partial charge in [0.15, 0.2) is 5.65 Å². The van der Waals surface area contributed by atoms with E-state index in [-0.39, 0.29) is 16.9 Å². The van der Waals surface area contributed by atoms with Crippen LogP contribution in [0.3, 0.4) is 0 Å². The third-order valence-corrected chi connectivity index (χ3v) is 5.03. The van der Waals surface area contributed by atoms with Crippen molar-refractivity contribution in [3.8, 4) is 22.8 Å². The van der Waals surface area contributed by atoms with Crippen LogP contribution in [0.4, 0.5) is 13.2 Å². The highest BCUT2D eigenvalue weighted by atomic mass is 35.5. The molecule has 0 aliphatic carbocycles. The summed E-state index contributed by atoms with van der Waals surface area (Å²) < 4.78 is 47.5. The van der Waals surface area contributed by atoms with E-state index in [2.05, 4.69) is 15.3 Å². The summed E-state index contributed by atoms with van der Waals surface area (Å²) >= 11 is 6.08. The van der Waals surface area contributed by atoms with Crippen molar-refractivity contribution < 1.29 is 17.9 Å². The minimum Gasteiger partial charge on any atom is -0.436 e. The van der Waals surface area contributed by atoms with Crippen molar-refractivity contribution >= 4 is 28.0 Å². The molecular formula is C22H12ClF3N4O. The standard InChI is InChI=1S/C22H12ClF3N4O/c23-21-28-27-19-16-8-4-5-9-17(16)20(29-30(19)21)31-18-12-14(22(24,25)26)10-11-15(18)13-6-2-1-3-7-13/h1-12H. The predicted octanol–water partition coefficient (Wildman–Crippen LogP) is 6.41. The average molecular weight is 441 g/mol. The number of nitrogens with zero attached hydrogens (tertiary/aromatic N) is 4. The number of rotatable bonds is 3. The van der Waals surface area contributed by atoms with Gasteiger partial charge in [-0.25, -0.2) is 0 Å². The van der Waals surface area contributed by atoms with E-state index in [9.17, 15) is 13.2 Å². The van der Waals surface area contributed by atoms with Crippen LogP contribution in [0.5, 0.6) is 11.6 Å². The Balaban J connectivity index is 1.73. The number of halogens is 4. The van der Waals surface area contributed by atoms with Gasteiger partial charge in [0, 0.05) is 16.3 Å². The fourth-order valence-corrected chi connectivity index (χ4v) is 3.50. The molecule has 9 heteroatoms. The van der Waals surface area contributed by atoms with Crippen molar-refractivity contribution in [2.45, 2.75) is 6.18 Å². The summed E-state index contributed by atoms with van der Waals surface area (Å²) in [7, 11) is 0. The molecule has 0 saturated carbocycles. The highest BCUT2D eigenvalue weighted by Crippen LogP contribution is 2.40. The molecule has 0 radical (unpaired) electrons. The van der Waals surface area contributed by atoms with Gasteiger partial charge in [-0.15, -0.1) is 15.3 Å². The maximum atomic E-state index is 13.4. The summed E-state index contributed by atoms with van der Waals surface area (Å²) in [5.74, 6) is 0.100. The van der Waals surface area contributed by atoms with Gasteiger partial charge in [0.25, 0.3) is 0 Å². The SMILES string of the molecule is FC(F)(F)c1ccc(-c2ccccc2)c(Oc2nn3c(Cl)nnc3c3ccccc23)c1. The molecule has 2 aromatic heterocycles. The molecule has 5 rings (SSSR count). The number of ether oxygens (including phenoxy) is 1. The molecule has 0 fully saturated rings. The Kier molecular flexibility index (Phi) is 4.51. The summed E-state index contributed by atoms with van der Waals surface area (Å²) in [6, 6.07) is 19.5. The molecule has 3 aromatic carbocycles. The third-order valence-electron chi connectivity index (χ3n) is 4.79. The molecule has 0 spiro atoms. The molecule has 0 aliphatic rings. The number of alkyl halides is 3. The zero-order valence-electron chi connectivity index (χ0n) is 15.6. The van der Waals surface area contributed by atoms with Gasteiger partial charge in [0.1, 0.15) is 5.75 Å². The second kappa shape index (κ2) is 7.24. The van der Waals surface area contributed by atoms with E-state index in [1.807, 2.05) is 6.07 Å². The van der Waals surface area contributed by atoms with Crippen molar-refractivity contribution in [3.63, 3.8) is 0 Å². The van der Waals surface area contributed by atoms with Crippen LogP contribution < -0.4 is 4.74 Å². The van der Waals surface area contributed by atoms with Crippen molar-refractivity contribution in [3.05, 3.63) is 83.6 Å². The van der Waals surface area contributed by atoms with Crippen LogP contribution in [0.1, 0.15) is 5.56 Å². The molecule has 0 saturated heterocycles. The Morgan fingerprint density at radius 3 is 2.29 bits per heavy atom. The van der Waals surface area contributed by atoms with Gasteiger partial charge in [-0.2, -0.15) is 17.7 Å². The molecule has 0 aliphatic heterocycles. The zero-order chi connectivity index (χ0) is 21.6. The van der Waals surface area contributed by atoms with Crippen LogP contribution in [0, 0.1) is 0 Å². The minimum atomic E-state index is -4.52. The lowest BCUT2D eigenvalue weighted by molar-refractivity contribution is -0.137. The molecule has 31 heavy (non-hydrogen) atoms. The Labute approximate surface area is 178 Å². The maximum Gasteiger partial charge on any atom is 0.416 e. The van der Waals surface area contributed by atoms with Crippen molar-refractivity contribution in [1.29, 1.82) is 0 Å². The summed E-state index contributed by atoms with van der Waals surface area (Å²) in [6.45, 7) is 0. The minimum absolute atomic E-state index is 0.0120. The van der Waals surface area contributed by atoms with Gasteiger partial charge in [-0.3, -0.25) is 0 Å².